The van der Waals surface area contributed by atoms with Gasteiger partial charge in [0.15, 0.2) is 0 Å². The van der Waals surface area contributed by atoms with Crippen LogP contribution >= 0.6 is 11.3 Å². The molecule has 0 bridgehead atoms. The van der Waals surface area contributed by atoms with Crippen molar-refractivity contribution >= 4 is 28.8 Å². The number of nitrogens with zero attached hydrogens (tertiary/aromatic N) is 5. The van der Waals surface area contributed by atoms with E-state index in [-0.39, 0.29) is 17.2 Å². The summed E-state index contributed by atoms with van der Waals surface area (Å²) in [7, 11) is 1.80. The fourth-order valence-electron chi connectivity index (χ4n) is 4.27. The quantitative estimate of drug-likeness (QED) is 0.670. The summed E-state index contributed by atoms with van der Waals surface area (Å²) in [5.41, 5.74) is 2.58. The van der Waals surface area contributed by atoms with Crippen molar-refractivity contribution in [3.8, 4) is 0 Å². The van der Waals surface area contributed by atoms with Crippen LogP contribution < -0.4 is 4.90 Å². The van der Waals surface area contributed by atoms with E-state index >= 15 is 0 Å². The Morgan fingerprint density at radius 1 is 1.18 bits per heavy atom. The highest BCUT2D eigenvalue weighted by atomic mass is 32.1. The van der Waals surface area contributed by atoms with E-state index < -0.39 is 0 Å². The van der Waals surface area contributed by atoms with Crippen LogP contribution in [0.3, 0.4) is 0 Å². The molecule has 0 radical (unpaired) electrons. The smallest absolute Gasteiger partial charge is 0.274 e. The number of aromatic nitrogens is 3. The van der Waals surface area contributed by atoms with Crippen LogP contribution in [0.5, 0.6) is 0 Å². The summed E-state index contributed by atoms with van der Waals surface area (Å²) >= 11 is 1.51. The lowest BCUT2D eigenvalue weighted by Crippen LogP contribution is -2.40. The van der Waals surface area contributed by atoms with Crippen molar-refractivity contribution in [1.82, 2.24) is 19.7 Å². The molecule has 0 saturated carbocycles. The second-order valence-electron chi connectivity index (χ2n) is 7.41. The van der Waals surface area contributed by atoms with Gasteiger partial charge in [-0.05, 0) is 36.1 Å². The van der Waals surface area contributed by atoms with E-state index in [0.29, 0.717) is 30.9 Å². The van der Waals surface area contributed by atoms with Crippen molar-refractivity contribution < 1.29 is 9.59 Å². The number of amides is 2. The monoisotopic (exact) mass is 393 g/mol. The Kier molecular flexibility index (Phi) is 3.83. The minimum Gasteiger partial charge on any atom is -0.336 e. The minimum atomic E-state index is -0.327. The highest BCUT2D eigenvalue weighted by Crippen LogP contribution is 2.45. The molecule has 0 aliphatic carbocycles. The summed E-state index contributed by atoms with van der Waals surface area (Å²) < 4.78 is 1.63. The van der Waals surface area contributed by atoms with E-state index in [1.165, 1.54) is 11.3 Å². The predicted octanol–water partition coefficient (Wildman–Crippen LogP) is 2.32. The summed E-state index contributed by atoms with van der Waals surface area (Å²) in [6, 6.07) is 7.39. The van der Waals surface area contributed by atoms with Gasteiger partial charge in [-0.3, -0.25) is 19.3 Å². The maximum absolute atomic E-state index is 13.1. The first-order valence-corrected chi connectivity index (χ1v) is 10.1. The first kappa shape index (κ1) is 17.1. The van der Waals surface area contributed by atoms with Gasteiger partial charge >= 0.3 is 0 Å². The third kappa shape index (κ3) is 2.56. The Morgan fingerprint density at radius 3 is 2.82 bits per heavy atom. The summed E-state index contributed by atoms with van der Waals surface area (Å²) in [4.78, 5) is 34.2. The topological polar surface area (TPSA) is 71.3 Å². The van der Waals surface area contributed by atoms with Crippen LogP contribution in [0, 0.1) is 0 Å². The van der Waals surface area contributed by atoms with Gasteiger partial charge in [-0.25, -0.2) is 0 Å². The molecule has 3 aromatic heterocycles. The molecule has 0 aromatic carbocycles. The molecular formula is C20H19N5O2S. The van der Waals surface area contributed by atoms with Crippen LogP contribution in [-0.4, -0.2) is 51.1 Å². The molecular weight excluding hydrogens is 374 g/mol. The van der Waals surface area contributed by atoms with Gasteiger partial charge in [0.25, 0.3) is 11.8 Å². The molecule has 0 N–H and O–H groups in total. The van der Waals surface area contributed by atoms with Gasteiger partial charge in [0.1, 0.15) is 5.69 Å². The van der Waals surface area contributed by atoms with Gasteiger partial charge in [-0.1, -0.05) is 0 Å². The first-order valence-electron chi connectivity index (χ1n) is 9.16. The molecule has 1 saturated heterocycles. The fraction of sp³-hybridized carbons (Fsp3) is 0.300. The lowest BCUT2D eigenvalue weighted by Gasteiger charge is -2.24. The zero-order chi connectivity index (χ0) is 19.3. The van der Waals surface area contributed by atoms with Crippen molar-refractivity contribution in [2.75, 3.05) is 24.5 Å². The number of rotatable bonds is 2. The molecule has 1 fully saturated rings. The van der Waals surface area contributed by atoms with Gasteiger partial charge in [-0.15, -0.1) is 0 Å². The summed E-state index contributed by atoms with van der Waals surface area (Å²) in [5.74, 6) is -0.0838. The van der Waals surface area contributed by atoms with Crippen molar-refractivity contribution in [2.45, 2.75) is 11.8 Å². The van der Waals surface area contributed by atoms with E-state index in [2.05, 4.69) is 10.1 Å². The first-order chi connectivity index (χ1) is 13.6. The Balaban J connectivity index is 1.46. The van der Waals surface area contributed by atoms with E-state index in [4.69, 9.17) is 0 Å². The zero-order valence-electron chi connectivity index (χ0n) is 15.4. The molecule has 5 heterocycles. The molecule has 0 unspecified atom stereocenters. The number of hydrogen-bond acceptors (Lipinski definition) is 5. The van der Waals surface area contributed by atoms with E-state index in [9.17, 15) is 9.59 Å². The maximum Gasteiger partial charge on any atom is 0.274 e. The van der Waals surface area contributed by atoms with Crippen LogP contribution in [0.2, 0.25) is 0 Å². The summed E-state index contributed by atoms with van der Waals surface area (Å²) in [5, 5.41) is 8.02. The van der Waals surface area contributed by atoms with Crippen LogP contribution in [0.15, 0.2) is 47.4 Å². The number of pyridine rings is 1. The van der Waals surface area contributed by atoms with Gasteiger partial charge in [0.05, 0.1) is 22.4 Å². The Morgan fingerprint density at radius 2 is 2.07 bits per heavy atom. The minimum absolute atomic E-state index is 0.0122. The summed E-state index contributed by atoms with van der Waals surface area (Å²) in [6.07, 6.45) is 4.32. The van der Waals surface area contributed by atoms with E-state index in [1.54, 1.807) is 30.2 Å². The standard InChI is InChI=1S/C20H19N5O2S/c1-23-8-4-15(22-23)19(27)24-9-6-20(12-24)13-25(16-3-2-7-21-17(16)20)18(26)14-5-10-28-11-14/h2-5,7-8,10-11H,6,9,12-13H2,1H3/t20-/m0/s1. The van der Waals surface area contributed by atoms with Crippen LogP contribution in [0.1, 0.15) is 33.0 Å². The Hall–Kier alpha value is -3.00. The van der Waals surface area contributed by atoms with Crippen molar-refractivity contribution in [3.05, 3.63) is 64.4 Å². The zero-order valence-corrected chi connectivity index (χ0v) is 16.2. The number of thiophene rings is 1. The molecule has 3 aromatic rings. The molecule has 8 heteroatoms. The number of fused-ring (bicyclic) bond motifs is 2. The molecule has 7 nitrogen and oxygen atoms in total. The van der Waals surface area contributed by atoms with Crippen molar-refractivity contribution in [2.24, 2.45) is 7.05 Å². The molecule has 28 heavy (non-hydrogen) atoms. The number of hydrogen-bond donors (Lipinski definition) is 0. The van der Waals surface area contributed by atoms with E-state index in [1.807, 2.05) is 38.8 Å². The number of aryl methyl sites for hydroxylation is 1. The predicted molar refractivity (Wildman–Crippen MR) is 106 cm³/mol. The maximum atomic E-state index is 13.1. The highest BCUT2D eigenvalue weighted by Gasteiger charge is 2.51. The Labute approximate surface area is 166 Å². The Bertz CT molecular complexity index is 1060. The van der Waals surface area contributed by atoms with Crippen LogP contribution in [-0.2, 0) is 12.5 Å². The number of carbonyl (C=O) groups is 2. The summed E-state index contributed by atoms with van der Waals surface area (Å²) in [6.45, 7) is 1.71. The number of carbonyl (C=O) groups excluding carboxylic acids is 2. The van der Waals surface area contributed by atoms with Gasteiger partial charge in [-0.2, -0.15) is 16.4 Å². The average Bonchev–Trinajstić information content (AvgIpc) is 3.49. The van der Waals surface area contributed by atoms with Crippen LogP contribution in [0.25, 0.3) is 0 Å². The van der Waals surface area contributed by atoms with Crippen molar-refractivity contribution in [3.63, 3.8) is 0 Å². The third-order valence-electron chi connectivity index (χ3n) is 5.63. The van der Waals surface area contributed by atoms with Crippen molar-refractivity contribution in [1.29, 1.82) is 0 Å². The number of anilines is 1. The largest absolute Gasteiger partial charge is 0.336 e. The van der Waals surface area contributed by atoms with Gasteiger partial charge in [0.2, 0.25) is 0 Å². The lowest BCUT2D eigenvalue weighted by molar-refractivity contribution is 0.0777. The van der Waals surface area contributed by atoms with Gasteiger partial charge in [0, 0.05) is 44.5 Å². The van der Waals surface area contributed by atoms with Gasteiger partial charge < -0.3 is 9.80 Å². The van der Waals surface area contributed by atoms with Crippen LogP contribution in [0.4, 0.5) is 5.69 Å². The second kappa shape index (κ2) is 6.27. The molecule has 5 rings (SSSR count). The SMILES string of the molecule is Cn1ccc(C(=O)N2CC[C@]3(C2)CN(C(=O)c2ccsc2)c2cccnc23)n1. The molecule has 1 spiro atoms. The second-order valence-corrected chi connectivity index (χ2v) is 8.19. The fourth-order valence-corrected chi connectivity index (χ4v) is 4.90. The molecule has 2 aliphatic rings. The highest BCUT2D eigenvalue weighted by molar-refractivity contribution is 7.08. The molecule has 142 valence electrons. The third-order valence-corrected chi connectivity index (χ3v) is 6.31. The molecule has 2 aliphatic heterocycles. The normalized spacial score (nSPS) is 20.8. The number of likely N-dealkylation sites (tertiary alicyclic amines) is 1. The molecule has 1 atom stereocenters. The lowest BCUT2D eigenvalue weighted by atomic mass is 9.85. The average molecular weight is 393 g/mol. The van der Waals surface area contributed by atoms with E-state index in [0.717, 1.165) is 17.8 Å². The molecule has 2 amide bonds.